The summed E-state index contributed by atoms with van der Waals surface area (Å²) in [4.78, 5) is 22.0. The number of ether oxygens (including phenoxy) is 1. The zero-order valence-electron chi connectivity index (χ0n) is 18.5. The summed E-state index contributed by atoms with van der Waals surface area (Å²) in [6.07, 6.45) is 7.44. The number of allylic oxidation sites excluding steroid dienone is 5. The average Bonchev–Trinajstić information content (AvgIpc) is 2.82. The molecule has 0 amide bonds. The van der Waals surface area contributed by atoms with Crippen LogP contribution in [0.3, 0.4) is 0 Å². The molecule has 0 unspecified atom stereocenters. The fourth-order valence-electron chi connectivity index (χ4n) is 3.60. The fourth-order valence-corrected chi connectivity index (χ4v) is 3.60. The first-order valence-electron chi connectivity index (χ1n) is 10.6. The Kier molecular flexibility index (Phi) is 8.17. The van der Waals surface area contributed by atoms with Gasteiger partial charge in [0, 0.05) is 11.8 Å². The number of hydrogen-bond acceptors (Lipinski definition) is 5. The van der Waals surface area contributed by atoms with Gasteiger partial charge in [0.15, 0.2) is 0 Å². The molecule has 2 aromatic heterocycles. The third-order valence-electron chi connectivity index (χ3n) is 5.12. The molecule has 0 saturated carbocycles. The third kappa shape index (κ3) is 5.38. The summed E-state index contributed by atoms with van der Waals surface area (Å²) in [7, 11) is 0. The minimum absolute atomic E-state index is 0.00594. The second-order valence-electron chi connectivity index (χ2n) is 7.23. The Bertz CT molecular complexity index is 1240. The summed E-state index contributed by atoms with van der Waals surface area (Å²) in [6, 6.07) is 6.93. The highest BCUT2D eigenvalue weighted by molar-refractivity contribution is 5.76. The maximum Gasteiger partial charge on any atom is 0.263 e. The number of rotatable bonds is 5. The van der Waals surface area contributed by atoms with Crippen LogP contribution in [0, 0.1) is 11.3 Å². The van der Waals surface area contributed by atoms with E-state index in [1.807, 2.05) is 6.07 Å². The van der Waals surface area contributed by atoms with Crippen molar-refractivity contribution < 1.29 is 13.5 Å². The van der Waals surface area contributed by atoms with Gasteiger partial charge in [-0.25, -0.2) is 8.78 Å². The molecule has 0 saturated heterocycles. The Hall–Kier alpha value is -3.70. The van der Waals surface area contributed by atoms with Crippen molar-refractivity contribution in [2.45, 2.75) is 39.8 Å². The first-order valence-corrected chi connectivity index (χ1v) is 10.6. The van der Waals surface area contributed by atoms with Gasteiger partial charge in [-0.1, -0.05) is 13.8 Å². The molecule has 0 aliphatic carbocycles. The van der Waals surface area contributed by atoms with Gasteiger partial charge in [0.05, 0.1) is 49.1 Å². The van der Waals surface area contributed by atoms with E-state index in [2.05, 4.69) is 9.98 Å². The number of halogens is 2. The molecule has 1 aliphatic heterocycles. The lowest BCUT2D eigenvalue weighted by molar-refractivity contribution is 0.142. The number of nitriles is 1. The molecule has 0 radical (unpaired) electrons. The molecule has 0 spiro atoms. The topological polar surface area (TPSA) is 80.3 Å². The van der Waals surface area contributed by atoms with Crippen molar-refractivity contribution in [3.05, 3.63) is 87.1 Å². The van der Waals surface area contributed by atoms with Crippen LogP contribution >= 0.6 is 0 Å². The highest BCUT2D eigenvalue weighted by atomic mass is 19.1. The first kappa shape index (κ1) is 24.0. The number of fused-ring (bicyclic) bond motifs is 1. The number of pyridine rings is 2. The lowest BCUT2D eigenvalue weighted by Gasteiger charge is -2.20. The van der Waals surface area contributed by atoms with E-state index < -0.39 is 17.2 Å². The van der Waals surface area contributed by atoms with E-state index in [9.17, 15) is 18.8 Å². The first-order chi connectivity index (χ1) is 16.0. The van der Waals surface area contributed by atoms with Crippen molar-refractivity contribution in [2.24, 2.45) is 4.99 Å². The van der Waals surface area contributed by atoms with Crippen molar-refractivity contribution in [2.75, 3.05) is 6.61 Å². The molecule has 6 nitrogen and oxygen atoms in total. The third-order valence-corrected chi connectivity index (χ3v) is 5.12. The van der Waals surface area contributed by atoms with Crippen LogP contribution in [0.25, 0.3) is 11.3 Å². The Morgan fingerprint density at radius 3 is 2.88 bits per heavy atom. The molecule has 1 aliphatic rings. The predicted molar refractivity (Wildman–Crippen MR) is 123 cm³/mol. The van der Waals surface area contributed by atoms with Crippen LogP contribution in [0.5, 0.6) is 0 Å². The van der Waals surface area contributed by atoms with Crippen LogP contribution in [0.1, 0.15) is 43.5 Å². The van der Waals surface area contributed by atoms with Crippen molar-refractivity contribution >= 4 is 11.8 Å². The molecule has 0 aromatic carbocycles. The van der Waals surface area contributed by atoms with Gasteiger partial charge < -0.3 is 4.74 Å². The second-order valence-corrected chi connectivity index (χ2v) is 7.23. The summed E-state index contributed by atoms with van der Waals surface area (Å²) in [5.74, 6) is -1.19. The maximum atomic E-state index is 14.7. The van der Waals surface area contributed by atoms with Crippen molar-refractivity contribution in [1.29, 1.82) is 5.26 Å². The van der Waals surface area contributed by atoms with E-state index in [0.29, 0.717) is 28.9 Å². The van der Waals surface area contributed by atoms with Crippen LogP contribution in [0.2, 0.25) is 0 Å². The van der Waals surface area contributed by atoms with Gasteiger partial charge in [-0.2, -0.15) is 5.26 Å². The number of aromatic nitrogens is 2. The standard InChI is InChI=1S/C25H24F2N4O2/c1-3-6-23(27)22(12-28)20(4-2)21-11-17-13-30-14-18(26)8-10-33-16-24(17)31(25(21)32)19-7-5-9-29-15-19/h5-9,11,14-15H,3-4,10,13,16H2,1-2H3/b18-8+,22-20+,23-6+,30-14-. The summed E-state index contributed by atoms with van der Waals surface area (Å²) in [5.41, 5.74) is 1.48. The Morgan fingerprint density at radius 2 is 2.21 bits per heavy atom. The molecule has 0 N–H and O–H groups in total. The van der Waals surface area contributed by atoms with E-state index in [1.54, 1.807) is 38.2 Å². The highest BCUT2D eigenvalue weighted by Crippen LogP contribution is 2.28. The quantitative estimate of drug-likeness (QED) is 0.467. The monoisotopic (exact) mass is 450 g/mol. The van der Waals surface area contributed by atoms with Gasteiger partial charge >= 0.3 is 0 Å². The molecule has 0 bridgehead atoms. The molecule has 33 heavy (non-hydrogen) atoms. The molecule has 0 fully saturated rings. The Balaban J connectivity index is 2.37. The van der Waals surface area contributed by atoms with E-state index >= 15 is 0 Å². The summed E-state index contributed by atoms with van der Waals surface area (Å²) < 4.78 is 35.5. The minimum Gasteiger partial charge on any atom is -0.371 e. The lowest BCUT2D eigenvalue weighted by atomic mass is 9.95. The highest BCUT2D eigenvalue weighted by Gasteiger charge is 2.21. The zero-order chi connectivity index (χ0) is 23.8. The van der Waals surface area contributed by atoms with Crippen molar-refractivity contribution in [1.82, 2.24) is 9.55 Å². The Labute approximate surface area is 190 Å². The van der Waals surface area contributed by atoms with Gasteiger partial charge in [-0.15, -0.1) is 0 Å². The maximum absolute atomic E-state index is 14.7. The van der Waals surface area contributed by atoms with Crippen molar-refractivity contribution in [3.63, 3.8) is 0 Å². The van der Waals surface area contributed by atoms with E-state index in [0.717, 1.165) is 6.21 Å². The molecule has 3 heterocycles. The van der Waals surface area contributed by atoms with E-state index in [1.165, 1.54) is 22.9 Å². The van der Waals surface area contributed by atoms with Gasteiger partial charge in [-0.3, -0.25) is 19.3 Å². The summed E-state index contributed by atoms with van der Waals surface area (Å²) in [5, 5.41) is 9.68. The molecular weight excluding hydrogens is 426 g/mol. The zero-order valence-corrected chi connectivity index (χ0v) is 18.5. The van der Waals surface area contributed by atoms with Crippen LogP contribution < -0.4 is 5.56 Å². The van der Waals surface area contributed by atoms with Gasteiger partial charge in [-0.05, 0) is 54.3 Å². The smallest absolute Gasteiger partial charge is 0.263 e. The second kappa shape index (κ2) is 11.2. The van der Waals surface area contributed by atoms with Gasteiger partial charge in [0.1, 0.15) is 17.7 Å². The number of nitrogens with zero attached hydrogens (tertiary/aromatic N) is 4. The molecule has 8 heteroatoms. The van der Waals surface area contributed by atoms with Crippen LogP contribution in [-0.2, 0) is 17.9 Å². The van der Waals surface area contributed by atoms with Gasteiger partial charge in [0.25, 0.3) is 5.56 Å². The number of hydrogen-bond donors (Lipinski definition) is 0. The van der Waals surface area contributed by atoms with E-state index in [4.69, 9.17) is 4.74 Å². The molecule has 2 aromatic rings. The van der Waals surface area contributed by atoms with Crippen molar-refractivity contribution in [3.8, 4) is 11.8 Å². The molecular formula is C25H24F2N4O2. The van der Waals surface area contributed by atoms with Crippen LogP contribution in [-0.4, -0.2) is 22.4 Å². The van der Waals surface area contributed by atoms with Gasteiger partial charge in [0.2, 0.25) is 0 Å². The average molecular weight is 450 g/mol. The lowest BCUT2D eigenvalue weighted by Crippen LogP contribution is -2.28. The molecule has 3 rings (SSSR count). The SMILES string of the molecule is CC/C=C(F)\C(C#N)=C(/CC)c1cc2c(n(-c3cccnc3)c1=O)COC/C=C(F)\C=N/C2. The fraction of sp³-hybridized carbons (Fsp3) is 0.280. The minimum atomic E-state index is -0.669. The predicted octanol–water partition coefficient (Wildman–Crippen LogP) is 5.14. The van der Waals surface area contributed by atoms with Crippen LogP contribution in [0.15, 0.2) is 69.8 Å². The summed E-state index contributed by atoms with van der Waals surface area (Å²) in [6.45, 7) is 3.62. The normalized spacial score (nSPS) is 17.8. The van der Waals surface area contributed by atoms with Crippen LogP contribution in [0.4, 0.5) is 8.78 Å². The number of aliphatic imine (C=N–C) groups is 1. The van der Waals surface area contributed by atoms with E-state index in [-0.39, 0.29) is 37.3 Å². The Morgan fingerprint density at radius 1 is 1.39 bits per heavy atom. The largest absolute Gasteiger partial charge is 0.371 e. The molecule has 170 valence electrons. The summed E-state index contributed by atoms with van der Waals surface area (Å²) >= 11 is 0. The molecule has 0 atom stereocenters.